The minimum absolute atomic E-state index is 0.0611. The van der Waals surface area contributed by atoms with Gasteiger partial charge in [-0.05, 0) is 331 Å². The van der Waals surface area contributed by atoms with E-state index in [-0.39, 0.29) is 107 Å². The highest BCUT2D eigenvalue weighted by molar-refractivity contribution is 6.99. The topological polar surface area (TPSA) is 358 Å². The number of ether oxygens (including phenoxy) is 8. The van der Waals surface area contributed by atoms with Crippen LogP contribution in [0.1, 0.15) is 176 Å². The molecule has 0 spiro atoms. The Bertz CT molecular complexity index is 4690. The third-order valence-corrected chi connectivity index (χ3v) is 114. The van der Waals surface area contributed by atoms with Crippen LogP contribution in [0.3, 0.4) is 0 Å². The van der Waals surface area contributed by atoms with E-state index in [1.807, 2.05) is 26.6 Å². The maximum absolute atomic E-state index is 13.3. The van der Waals surface area contributed by atoms with E-state index in [4.69, 9.17) is 104 Å². The second kappa shape index (κ2) is 54.7. The van der Waals surface area contributed by atoms with Crippen molar-refractivity contribution in [3.8, 4) is 0 Å². The molecule has 50 heteroatoms. The molecule has 0 bridgehead atoms. The smallest absolute Gasteiger partial charge is 0.333 e. The molecule has 0 radical (unpaired) electrons. The molecular weight excluding hydrogens is 2190 g/mol. The molecule has 0 aromatic heterocycles. The number of rotatable bonds is 60. The van der Waals surface area contributed by atoms with Gasteiger partial charge in [-0.3, -0.25) is 0 Å². The summed E-state index contributed by atoms with van der Waals surface area (Å²) in [4.78, 5) is 104. The number of hydrogen-bond acceptors (Lipinski definition) is 32. The highest BCUT2D eigenvalue weighted by Gasteiger charge is 2.68. The fourth-order valence-corrected chi connectivity index (χ4v) is 128. The molecule has 0 aromatic rings. The molecule has 3 aliphatic heterocycles. The van der Waals surface area contributed by atoms with Crippen LogP contribution in [0.5, 0.6) is 0 Å². The predicted molar refractivity (Wildman–Crippen MR) is 628 cm³/mol. The predicted octanol–water partition coefficient (Wildman–Crippen LogP) is 25.4. The summed E-state index contributed by atoms with van der Waals surface area (Å²) in [5.41, 5.74) is 1.45. The molecule has 0 aromatic carbocycles. The van der Waals surface area contributed by atoms with Crippen LogP contribution in [-0.4, -0.2) is 253 Å². The zero-order chi connectivity index (χ0) is 115. The van der Waals surface area contributed by atoms with Gasteiger partial charge in [-0.2, -0.15) is 0 Å². The van der Waals surface area contributed by atoms with Crippen molar-refractivity contribution in [2.75, 3.05) is 46.2 Å². The van der Waals surface area contributed by atoms with Gasteiger partial charge < -0.3 is 104 Å². The molecular formula is C98H196O32Si18. The molecule has 3 aliphatic rings. The van der Waals surface area contributed by atoms with Gasteiger partial charge in [-0.1, -0.05) is 115 Å². The maximum atomic E-state index is 13.3. The highest BCUT2D eigenvalue weighted by atomic mass is 28.5. The Morgan fingerprint density at radius 2 is 0.453 bits per heavy atom. The van der Waals surface area contributed by atoms with Gasteiger partial charge in [0.05, 0.1) is 52.4 Å². The first kappa shape index (κ1) is 139. The first-order valence-corrected chi connectivity index (χ1v) is 99.9. The van der Waals surface area contributed by atoms with Crippen LogP contribution in [0, 0.1) is 0 Å². The van der Waals surface area contributed by atoms with Crippen molar-refractivity contribution in [1.82, 2.24) is 0 Å². The van der Waals surface area contributed by atoms with E-state index in [2.05, 4.69) is 252 Å². The van der Waals surface area contributed by atoms with Gasteiger partial charge in [0.2, 0.25) is 0 Å². The second-order valence-corrected chi connectivity index (χ2v) is 119. The lowest BCUT2D eigenvalue weighted by Gasteiger charge is -2.55. The monoisotopic (exact) mass is 2390 g/mol. The van der Waals surface area contributed by atoms with Crippen LogP contribution in [0.2, 0.25) is 249 Å². The van der Waals surface area contributed by atoms with E-state index in [0.29, 0.717) is 112 Å². The highest BCUT2D eigenvalue weighted by Crippen LogP contribution is 2.56. The SMILES string of the molecule is C=C(C)C(=O)OCCC[Si]1(C)O[Si](C)(C(C)CCOC(=O)C(=C)C)O[Si](C)(CC[Si](C)(C)O[Si](C)(C)O[Si](C)(C)CC[Si]2(C)O[Si](C)(C(C)CCOC(=O)C(=C)C)O[Si](C)(CC[Si](C)(C)O[Si](C)(C)O[Si](C)(C)CC[Si]3(C)O[Si](C)(CCC(C)OC(=O)C(=C)C)O[Si](C)(C(C)CCOC(=O)C(=C)C)O[Si](C)(C(C)(C)CCOC(=O)C(=C)C)O3)O[Si](C)(C(C)(C)CCOC(=O)C(=C)C)O2)O[Si](C)(C(C)(C)CCOC(=O)C(=C)C)O1. The molecule has 148 heavy (non-hydrogen) atoms. The minimum Gasteiger partial charge on any atom is -0.462 e. The molecule has 0 aliphatic carbocycles. The van der Waals surface area contributed by atoms with E-state index >= 15 is 0 Å². The van der Waals surface area contributed by atoms with Crippen LogP contribution in [0.25, 0.3) is 0 Å². The van der Waals surface area contributed by atoms with Crippen molar-refractivity contribution in [1.29, 1.82) is 0 Å². The van der Waals surface area contributed by atoms with Crippen molar-refractivity contribution < 1.29 is 142 Å². The molecule has 16 unspecified atom stereocenters. The van der Waals surface area contributed by atoms with Gasteiger partial charge in [-0.15, -0.1) is 0 Å². The summed E-state index contributed by atoms with van der Waals surface area (Å²) < 4.78 is 171. The van der Waals surface area contributed by atoms with Gasteiger partial charge >= 0.3 is 168 Å². The van der Waals surface area contributed by atoms with Crippen molar-refractivity contribution >= 4 is 201 Å². The van der Waals surface area contributed by atoms with E-state index in [9.17, 15) is 38.4 Å². The first-order chi connectivity index (χ1) is 66.7. The lowest BCUT2D eigenvalue weighted by molar-refractivity contribution is -0.144. The van der Waals surface area contributed by atoms with Crippen molar-refractivity contribution in [3.63, 3.8) is 0 Å². The quantitative estimate of drug-likeness (QED) is 0.0179. The summed E-state index contributed by atoms with van der Waals surface area (Å²) in [5.74, 6) is -3.98. The van der Waals surface area contributed by atoms with Gasteiger partial charge in [-0.25, -0.2) is 38.4 Å². The molecule has 852 valence electrons. The Balaban J connectivity index is 2.25. The Kier molecular flexibility index (Phi) is 51.4. The van der Waals surface area contributed by atoms with Crippen LogP contribution >= 0.6 is 0 Å². The largest absolute Gasteiger partial charge is 0.462 e. The zero-order valence-corrected chi connectivity index (χ0v) is 117. The second-order valence-electron chi connectivity index (χ2n) is 49.2. The van der Waals surface area contributed by atoms with E-state index in [1.165, 1.54) is 0 Å². The normalized spacial score (nSPS) is 27.7. The third kappa shape index (κ3) is 44.3. The molecule has 3 rings (SSSR count). The summed E-state index contributed by atoms with van der Waals surface area (Å²) in [6, 6.07) is 5.16. The van der Waals surface area contributed by atoms with Crippen LogP contribution in [0.4, 0.5) is 0 Å². The van der Waals surface area contributed by atoms with Gasteiger partial charge in [0.1, 0.15) is 0 Å². The van der Waals surface area contributed by atoms with Gasteiger partial charge in [0.15, 0.2) is 33.3 Å². The first-order valence-electron chi connectivity index (χ1n) is 52.5. The molecule has 16 atom stereocenters. The summed E-state index contributed by atoms with van der Waals surface area (Å²) in [6.07, 6.45) is 2.67. The molecule has 0 saturated carbocycles. The summed E-state index contributed by atoms with van der Waals surface area (Å²) in [7, 11) is -59.9. The Morgan fingerprint density at radius 3 is 0.689 bits per heavy atom. The summed E-state index contributed by atoms with van der Waals surface area (Å²) >= 11 is 0. The molecule has 3 fully saturated rings. The number of carbonyl (C=O) groups is 8. The molecule has 0 amide bonds. The van der Waals surface area contributed by atoms with E-state index < -0.39 is 222 Å². The average molecular weight is 2390 g/mol. The maximum Gasteiger partial charge on any atom is 0.333 e. The lowest BCUT2D eigenvalue weighted by Crippen LogP contribution is -2.70. The van der Waals surface area contributed by atoms with E-state index in [0.717, 1.165) is 0 Å². The standard InChI is InChI=1S/C98H196O32Si18/c1-76(2)88(99)107-59-51-66-137(39)120-143(45,85(18)52-60-108-89(100)77(3)4)122-140(42,127-146(48,125-137)96(21,22)56-63-111-92(103)80(9)10)73-69-132(29,30)117-136(37,38)118-134(33,34)71-75-142(44)124-144(46,86(19)53-61-109-90(101)78(5)6)123-141(43,128-147(49,129-142)97(23,24)57-64-112-93(104)81(11)12)74-70-133(31,32)116-135(35,36)115-131(27,28)68-72-139(41)119-138(40,67-55-84(17)114-95(106)83(15)16)121-145(47,87(20)54-62-110-91(102)79(7)8)130-148(50,126-139)98(25,26)58-65-113-94(105)82(13)14/h84-87H,1,3,5,7,9,11,13,15,51-75H2,2,4,6,8,10,12,14,16-50H3. The lowest BCUT2D eigenvalue weighted by atomic mass is 10.1. The fourth-order valence-electron chi connectivity index (χ4n) is 18.2. The summed E-state index contributed by atoms with van der Waals surface area (Å²) in [5, 5.41) is -2.20. The number of carbonyl (C=O) groups excluding carboxylic acids is 8. The van der Waals surface area contributed by atoms with Gasteiger partial charge in [0.25, 0.3) is 0 Å². The van der Waals surface area contributed by atoms with Crippen LogP contribution < -0.4 is 0 Å². The van der Waals surface area contributed by atoms with E-state index in [1.54, 1.807) is 55.4 Å². The molecule has 0 N–H and O–H groups in total. The van der Waals surface area contributed by atoms with Crippen LogP contribution in [-0.2, 0) is 142 Å². The van der Waals surface area contributed by atoms with Crippen molar-refractivity contribution in [2.45, 2.75) is 431 Å². The summed E-state index contributed by atoms with van der Waals surface area (Å²) in [6.45, 7) is 116. The molecule has 3 heterocycles. The number of hydrogen-bond donors (Lipinski definition) is 0. The van der Waals surface area contributed by atoms with Crippen molar-refractivity contribution in [2.24, 2.45) is 0 Å². The van der Waals surface area contributed by atoms with Crippen molar-refractivity contribution in [3.05, 3.63) is 97.2 Å². The van der Waals surface area contributed by atoms with Gasteiger partial charge in [0, 0.05) is 76.3 Å². The average Bonchev–Trinajstić information content (AvgIpc) is 0.744. The Labute approximate surface area is 910 Å². The number of esters is 8. The third-order valence-electron chi connectivity index (χ3n) is 28.5. The molecule has 32 nitrogen and oxygen atoms in total. The zero-order valence-electron chi connectivity index (χ0n) is 99.2. The minimum atomic E-state index is -3.70. The Morgan fingerprint density at radius 1 is 0.257 bits per heavy atom. The molecule has 3 saturated heterocycles. The van der Waals surface area contributed by atoms with Crippen LogP contribution in [0.15, 0.2) is 97.2 Å². The Hall–Kier alpha value is -3.06. The fraction of sp³-hybridized carbons (Fsp3) is 0.755.